The van der Waals surface area contributed by atoms with Crippen LogP contribution in [0.3, 0.4) is 0 Å². The van der Waals surface area contributed by atoms with E-state index in [4.69, 9.17) is 4.74 Å². The van der Waals surface area contributed by atoms with Crippen molar-refractivity contribution in [3.05, 3.63) is 58.7 Å². The van der Waals surface area contributed by atoms with E-state index < -0.39 is 0 Å². The number of fused-ring (bicyclic) bond motifs is 1. The van der Waals surface area contributed by atoms with E-state index in [9.17, 15) is 5.11 Å². The Bertz CT molecular complexity index is 721. The predicted octanol–water partition coefficient (Wildman–Crippen LogP) is 4.22. The second-order valence-electron chi connectivity index (χ2n) is 4.26. The fraction of sp³-hybridized carbons (Fsp3) is 0.0667. The number of phenols is 1. The molecule has 0 unspecified atom stereocenters. The Kier molecular flexibility index (Phi) is 3.17. The summed E-state index contributed by atoms with van der Waals surface area (Å²) in [6.45, 7) is 0.458. The first kappa shape index (κ1) is 12.1. The molecule has 3 rings (SSSR count). The van der Waals surface area contributed by atoms with Gasteiger partial charge >= 0.3 is 0 Å². The summed E-state index contributed by atoms with van der Waals surface area (Å²) in [7, 11) is 0. The number of para-hydroxylation sites is 1. The molecular formula is C15H12BrNO2. The van der Waals surface area contributed by atoms with Gasteiger partial charge in [0.2, 0.25) is 0 Å². The normalized spacial score (nSPS) is 10.8. The summed E-state index contributed by atoms with van der Waals surface area (Å²) < 4.78 is 6.74. The maximum atomic E-state index is 9.73. The van der Waals surface area contributed by atoms with Gasteiger partial charge in [-0.05, 0) is 24.3 Å². The Balaban J connectivity index is 1.84. The first-order chi connectivity index (χ1) is 9.24. The second kappa shape index (κ2) is 4.97. The number of benzene rings is 2. The highest BCUT2D eigenvalue weighted by atomic mass is 79.9. The highest BCUT2D eigenvalue weighted by molar-refractivity contribution is 9.10. The van der Waals surface area contributed by atoms with Crippen molar-refractivity contribution in [1.29, 1.82) is 0 Å². The van der Waals surface area contributed by atoms with Crippen LogP contribution in [0.15, 0.2) is 53.1 Å². The molecule has 2 N–H and O–H groups in total. The van der Waals surface area contributed by atoms with Gasteiger partial charge in [-0.25, -0.2) is 0 Å². The Labute approximate surface area is 119 Å². The number of hydrogen-bond donors (Lipinski definition) is 2. The van der Waals surface area contributed by atoms with E-state index in [-0.39, 0.29) is 5.75 Å². The SMILES string of the molecule is Oc1cccc2c(COc3cccc(Br)c3)c[nH]c12. The molecule has 3 nitrogen and oxygen atoms in total. The van der Waals surface area contributed by atoms with Crippen LogP contribution in [0.4, 0.5) is 0 Å². The van der Waals surface area contributed by atoms with Gasteiger partial charge in [-0.2, -0.15) is 0 Å². The molecule has 2 aromatic carbocycles. The van der Waals surface area contributed by atoms with Crippen LogP contribution in [-0.4, -0.2) is 10.1 Å². The minimum absolute atomic E-state index is 0.256. The van der Waals surface area contributed by atoms with Gasteiger partial charge in [0, 0.05) is 21.6 Å². The zero-order chi connectivity index (χ0) is 13.2. The molecule has 0 amide bonds. The molecule has 0 aliphatic rings. The molecule has 0 atom stereocenters. The average Bonchev–Trinajstić information content (AvgIpc) is 2.81. The number of nitrogens with one attached hydrogen (secondary N) is 1. The van der Waals surface area contributed by atoms with Crippen LogP contribution in [0.1, 0.15) is 5.56 Å². The maximum Gasteiger partial charge on any atom is 0.139 e. The van der Waals surface area contributed by atoms with E-state index in [0.29, 0.717) is 6.61 Å². The van der Waals surface area contributed by atoms with Crippen molar-refractivity contribution in [2.24, 2.45) is 0 Å². The van der Waals surface area contributed by atoms with Gasteiger partial charge < -0.3 is 14.8 Å². The van der Waals surface area contributed by atoms with E-state index in [2.05, 4.69) is 20.9 Å². The lowest BCUT2D eigenvalue weighted by Gasteiger charge is -2.05. The number of ether oxygens (including phenoxy) is 1. The third kappa shape index (κ3) is 2.44. The van der Waals surface area contributed by atoms with Crippen molar-refractivity contribution in [3.8, 4) is 11.5 Å². The monoisotopic (exact) mass is 317 g/mol. The Hall–Kier alpha value is -1.94. The predicted molar refractivity (Wildman–Crippen MR) is 78.4 cm³/mol. The highest BCUT2D eigenvalue weighted by Gasteiger charge is 2.07. The lowest BCUT2D eigenvalue weighted by atomic mass is 10.2. The molecule has 0 radical (unpaired) electrons. The Morgan fingerprint density at radius 1 is 1.16 bits per heavy atom. The fourth-order valence-corrected chi connectivity index (χ4v) is 2.41. The summed E-state index contributed by atoms with van der Waals surface area (Å²) in [5.41, 5.74) is 1.77. The lowest BCUT2D eigenvalue weighted by molar-refractivity contribution is 0.307. The molecule has 0 fully saturated rings. The van der Waals surface area contributed by atoms with E-state index in [1.807, 2.05) is 42.6 Å². The second-order valence-corrected chi connectivity index (χ2v) is 5.18. The molecule has 1 heterocycles. The molecule has 0 spiro atoms. The fourth-order valence-electron chi connectivity index (χ4n) is 2.03. The van der Waals surface area contributed by atoms with Gasteiger partial charge in [0.15, 0.2) is 0 Å². The average molecular weight is 318 g/mol. The number of aromatic amines is 1. The van der Waals surface area contributed by atoms with E-state index in [0.717, 1.165) is 26.7 Å². The van der Waals surface area contributed by atoms with Gasteiger partial charge in [0.05, 0.1) is 5.52 Å². The number of aromatic nitrogens is 1. The minimum atomic E-state index is 0.256. The number of H-pyrrole nitrogens is 1. The van der Waals surface area contributed by atoms with E-state index in [1.165, 1.54) is 0 Å². The Morgan fingerprint density at radius 2 is 2.00 bits per heavy atom. The third-order valence-electron chi connectivity index (χ3n) is 2.97. The van der Waals surface area contributed by atoms with Crippen molar-refractivity contribution in [2.45, 2.75) is 6.61 Å². The van der Waals surface area contributed by atoms with E-state index in [1.54, 1.807) is 6.07 Å². The quantitative estimate of drug-likeness (QED) is 0.759. The van der Waals surface area contributed by atoms with Crippen LogP contribution in [0.25, 0.3) is 10.9 Å². The summed E-state index contributed by atoms with van der Waals surface area (Å²) in [5.74, 6) is 1.06. The van der Waals surface area contributed by atoms with Crippen LogP contribution >= 0.6 is 15.9 Å². The smallest absolute Gasteiger partial charge is 0.139 e. The molecule has 0 aliphatic heterocycles. The van der Waals surface area contributed by atoms with Crippen LogP contribution in [0.2, 0.25) is 0 Å². The summed E-state index contributed by atoms with van der Waals surface area (Å²) in [4.78, 5) is 3.06. The standard InChI is InChI=1S/C15H12BrNO2/c16-11-3-1-4-12(7-11)19-9-10-8-17-15-13(10)5-2-6-14(15)18/h1-8,17-18H,9H2. The van der Waals surface area contributed by atoms with Crippen molar-refractivity contribution >= 4 is 26.8 Å². The lowest BCUT2D eigenvalue weighted by Crippen LogP contribution is -1.94. The highest BCUT2D eigenvalue weighted by Crippen LogP contribution is 2.27. The molecular weight excluding hydrogens is 306 g/mol. The Morgan fingerprint density at radius 3 is 2.84 bits per heavy atom. The van der Waals surface area contributed by atoms with E-state index >= 15 is 0 Å². The van der Waals surface area contributed by atoms with Gasteiger partial charge in [-0.3, -0.25) is 0 Å². The van der Waals surface area contributed by atoms with Crippen LogP contribution in [0.5, 0.6) is 11.5 Å². The zero-order valence-electron chi connectivity index (χ0n) is 10.1. The summed E-state index contributed by atoms with van der Waals surface area (Å²) in [5, 5.41) is 10.7. The zero-order valence-corrected chi connectivity index (χ0v) is 11.6. The largest absolute Gasteiger partial charge is 0.506 e. The summed E-state index contributed by atoms with van der Waals surface area (Å²) >= 11 is 3.41. The molecule has 1 aromatic heterocycles. The van der Waals surface area contributed by atoms with Crippen LogP contribution in [0, 0.1) is 0 Å². The number of aromatic hydroxyl groups is 1. The molecule has 3 aromatic rings. The molecule has 4 heteroatoms. The van der Waals surface area contributed by atoms with Crippen molar-refractivity contribution in [2.75, 3.05) is 0 Å². The minimum Gasteiger partial charge on any atom is -0.506 e. The third-order valence-corrected chi connectivity index (χ3v) is 3.46. The molecule has 0 bridgehead atoms. The van der Waals surface area contributed by atoms with Crippen LogP contribution < -0.4 is 4.74 Å². The molecule has 0 aliphatic carbocycles. The van der Waals surface area contributed by atoms with Gasteiger partial charge in [0.25, 0.3) is 0 Å². The van der Waals surface area contributed by atoms with Crippen molar-refractivity contribution in [3.63, 3.8) is 0 Å². The summed E-state index contributed by atoms with van der Waals surface area (Å²) in [6.07, 6.45) is 1.86. The molecule has 96 valence electrons. The van der Waals surface area contributed by atoms with Crippen LogP contribution in [-0.2, 0) is 6.61 Å². The molecule has 0 saturated heterocycles. The topological polar surface area (TPSA) is 45.2 Å². The molecule has 0 saturated carbocycles. The van der Waals surface area contributed by atoms with Gasteiger partial charge in [-0.15, -0.1) is 0 Å². The number of phenolic OH excluding ortho intramolecular Hbond substituents is 1. The van der Waals surface area contributed by atoms with Crippen molar-refractivity contribution < 1.29 is 9.84 Å². The first-order valence-electron chi connectivity index (χ1n) is 5.90. The first-order valence-corrected chi connectivity index (χ1v) is 6.69. The van der Waals surface area contributed by atoms with Gasteiger partial charge in [-0.1, -0.05) is 34.1 Å². The maximum absolute atomic E-state index is 9.73. The number of hydrogen-bond acceptors (Lipinski definition) is 2. The summed E-state index contributed by atoms with van der Waals surface area (Å²) in [6, 6.07) is 13.2. The molecule has 19 heavy (non-hydrogen) atoms. The van der Waals surface area contributed by atoms with Gasteiger partial charge in [0.1, 0.15) is 18.1 Å². The van der Waals surface area contributed by atoms with Crippen molar-refractivity contribution in [1.82, 2.24) is 4.98 Å². The number of rotatable bonds is 3. The number of halogens is 1.